The molecule has 2 aromatic rings. The molecule has 2 rings (SSSR count). The first kappa shape index (κ1) is 18.2. The predicted octanol–water partition coefficient (Wildman–Crippen LogP) is 1.94. The molecule has 0 fully saturated rings. The first-order chi connectivity index (χ1) is 12.0. The maximum Gasteiger partial charge on any atom is 0.337 e. The molecule has 2 N–H and O–H groups in total. The lowest BCUT2D eigenvalue weighted by Crippen LogP contribution is -2.34. The van der Waals surface area contributed by atoms with Crippen molar-refractivity contribution < 1.29 is 19.1 Å². The Hall–Kier alpha value is -3.15. The number of rotatable bonds is 6. The van der Waals surface area contributed by atoms with Crippen LogP contribution in [0, 0.1) is 6.92 Å². The fourth-order valence-corrected chi connectivity index (χ4v) is 2.14. The van der Waals surface area contributed by atoms with Gasteiger partial charge in [-0.3, -0.25) is 9.59 Å². The van der Waals surface area contributed by atoms with Gasteiger partial charge in [0.2, 0.25) is 0 Å². The molecule has 0 heterocycles. The van der Waals surface area contributed by atoms with Crippen molar-refractivity contribution >= 4 is 17.8 Å². The minimum atomic E-state index is -0.453. The van der Waals surface area contributed by atoms with E-state index in [2.05, 4.69) is 15.4 Å². The van der Waals surface area contributed by atoms with Crippen molar-refractivity contribution in [3.05, 3.63) is 70.8 Å². The summed E-state index contributed by atoms with van der Waals surface area (Å²) in [6.45, 7) is 2.57. The van der Waals surface area contributed by atoms with Crippen molar-refractivity contribution in [3.63, 3.8) is 0 Å². The van der Waals surface area contributed by atoms with Gasteiger partial charge >= 0.3 is 5.97 Å². The average Bonchev–Trinajstić information content (AvgIpc) is 2.65. The summed E-state index contributed by atoms with van der Waals surface area (Å²) in [7, 11) is 1.30. The highest BCUT2D eigenvalue weighted by atomic mass is 16.5. The van der Waals surface area contributed by atoms with E-state index in [1.807, 2.05) is 19.1 Å². The van der Waals surface area contributed by atoms with E-state index in [0.717, 1.165) is 5.56 Å². The number of ether oxygens (including phenoxy) is 1. The Morgan fingerprint density at radius 1 is 0.760 bits per heavy atom. The molecule has 0 aliphatic heterocycles. The molecule has 0 spiro atoms. The summed E-state index contributed by atoms with van der Waals surface area (Å²) in [4.78, 5) is 35.3. The van der Waals surface area contributed by atoms with E-state index < -0.39 is 5.97 Å². The normalized spacial score (nSPS) is 10.0. The molecular weight excluding hydrogens is 320 g/mol. The lowest BCUT2D eigenvalue weighted by molar-refractivity contribution is 0.0600. The topological polar surface area (TPSA) is 84.5 Å². The second-order valence-electron chi connectivity index (χ2n) is 5.45. The zero-order chi connectivity index (χ0) is 18.2. The molecule has 2 aromatic carbocycles. The van der Waals surface area contributed by atoms with Gasteiger partial charge in [0.05, 0.1) is 12.7 Å². The van der Waals surface area contributed by atoms with Crippen molar-refractivity contribution in [2.24, 2.45) is 0 Å². The number of methoxy groups -OCH3 is 1. The highest BCUT2D eigenvalue weighted by Crippen LogP contribution is 2.06. The third kappa shape index (κ3) is 5.17. The summed E-state index contributed by atoms with van der Waals surface area (Å²) in [6, 6.07) is 13.4. The molecule has 0 atom stereocenters. The zero-order valence-electron chi connectivity index (χ0n) is 14.2. The molecule has 0 bridgehead atoms. The summed E-state index contributed by atoms with van der Waals surface area (Å²) in [5.74, 6) is -0.913. The van der Waals surface area contributed by atoms with Crippen molar-refractivity contribution in [1.29, 1.82) is 0 Å². The maximum absolute atomic E-state index is 12.0. The van der Waals surface area contributed by atoms with E-state index in [4.69, 9.17) is 0 Å². The first-order valence-corrected chi connectivity index (χ1v) is 7.82. The molecule has 0 aromatic heterocycles. The Morgan fingerprint density at radius 3 is 1.60 bits per heavy atom. The molecule has 0 unspecified atom stereocenters. The summed E-state index contributed by atoms with van der Waals surface area (Å²) in [5, 5.41) is 5.45. The van der Waals surface area contributed by atoms with E-state index in [1.165, 1.54) is 19.2 Å². The van der Waals surface area contributed by atoms with Gasteiger partial charge in [0, 0.05) is 24.2 Å². The molecule has 25 heavy (non-hydrogen) atoms. The van der Waals surface area contributed by atoms with Crippen LogP contribution in [0.15, 0.2) is 48.5 Å². The van der Waals surface area contributed by atoms with Gasteiger partial charge in [-0.15, -0.1) is 0 Å². The third-order valence-electron chi connectivity index (χ3n) is 3.58. The van der Waals surface area contributed by atoms with Crippen LogP contribution in [0.3, 0.4) is 0 Å². The summed E-state index contributed by atoms with van der Waals surface area (Å²) >= 11 is 0. The van der Waals surface area contributed by atoms with Gasteiger partial charge in [-0.25, -0.2) is 4.79 Å². The molecule has 0 saturated heterocycles. The van der Waals surface area contributed by atoms with Crippen LogP contribution >= 0.6 is 0 Å². The number of amides is 2. The molecule has 0 radical (unpaired) electrons. The summed E-state index contributed by atoms with van der Waals surface area (Å²) in [5.41, 5.74) is 2.47. The standard InChI is InChI=1S/C19H20N2O4/c1-13-3-5-14(6-4-13)17(22)20-11-12-21-18(23)15-7-9-16(10-8-15)19(24)25-2/h3-10H,11-12H2,1-2H3,(H,20,22)(H,21,23). The third-order valence-corrected chi connectivity index (χ3v) is 3.58. The molecular formula is C19H20N2O4. The predicted molar refractivity (Wildman–Crippen MR) is 93.6 cm³/mol. The highest BCUT2D eigenvalue weighted by Gasteiger charge is 2.09. The van der Waals surface area contributed by atoms with Gasteiger partial charge in [-0.05, 0) is 43.3 Å². The number of esters is 1. The van der Waals surface area contributed by atoms with E-state index in [0.29, 0.717) is 29.8 Å². The van der Waals surface area contributed by atoms with E-state index >= 15 is 0 Å². The van der Waals surface area contributed by atoms with Crippen molar-refractivity contribution in [2.45, 2.75) is 6.92 Å². The van der Waals surface area contributed by atoms with Gasteiger partial charge in [0.15, 0.2) is 0 Å². The summed E-state index contributed by atoms with van der Waals surface area (Å²) in [6.07, 6.45) is 0. The SMILES string of the molecule is COC(=O)c1ccc(C(=O)NCCNC(=O)c2ccc(C)cc2)cc1. The maximum atomic E-state index is 12.0. The van der Waals surface area contributed by atoms with Gasteiger partial charge < -0.3 is 15.4 Å². The highest BCUT2D eigenvalue weighted by molar-refractivity contribution is 5.96. The monoisotopic (exact) mass is 340 g/mol. The Balaban J connectivity index is 1.77. The molecule has 6 heteroatoms. The number of hydrogen-bond donors (Lipinski definition) is 2. The zero-order valence-corrected chi connectivity index (χ0v) is 14.2. The van der Waals surface area contributed by atoms with Crippen LogP contribution in [0.25, 0.3) is 0 Å². The summed E-state index contributed by atoms with van der Waals surface area (Å²) < 4.78 is 4.60. The molecule has 0 saturated carbocycles. The Kier molecular flexibility index (Phi) is 6.28. The van der Waals surface area contributed by atoms with E-state index in [9.17, 15) is 14.4 Å². The van der Waals surface area contributed by atoms with Gasteiger partial charge in [0.25, 0.3) is 11.8 Å². The number of hydrogen-bond acceptors (Lipinski definition) is 4. The minimum Gasteiger partial charge on any atom is -0.465 e. The largest absolute Gasteiger partial charge is 0.465 e. The Bertz CT molecular complexity index is 752. The van der Waals surface area contributed by atoms with Crippen LogP contribution in [0.4, 0.5) is 0 Å². The number of carbonyl (C=O) groups is 3. The molecule has 0 aliphatic rings. The Morgan fingerprint density at radius 2 is 1.16 bits per heavy atom. The average molecular weight is 340 g/mol. The molecule has 130 valence electrons. The number of aryl methyl sites for hydroxylation is 1. The minimum absolute atomic E-state index is 0.184. The fourth-order valence-electron chi connectivity index (χ4n) is 2.14. The molecule has 2 amide bonds. The second-order valence-corrected chi connectivity index (χ2v) is 5.45. The van der Waals surface area contributed by atoms with Crippen LogP contribution < -0.4 is 10.6 Å². The van der Waals surface area contributed by atoms with Gasteiger partial charge in [-0.1, -0.05) is 17.7 Å². The van der Waals surface area contributed by atoms with Crippen molar-refractivity contribution in [1.82, 2.24) is 10.6 Å². The number of nitrogens with one attached hydrogen (secondary N) is 2. The molecule has 0 aliphatic carbocycles. The van der Waals surface area contributed by atoms with Crippen LogP contribution in [0.5, 0.6) is 0 Å². The van der Waals surface area contributed by atoms with Crippen molar-refractivity contribution in [2.75, 3.05) is 20.2 Å². The van der Waals surface area contributed by atoms with Crippen LogP contribution in [-0.4, -0.2) is 38.0 Å². The van der Waals surface area contributed by atoms with E-state index in [1.54, 1.807) is 24.3 Å². The van der Waals surface area contributed by atoms with Gasteiger partial charge in [0.1, 0.15) is 0 Å². The lowest BCUT2D eigenvalue weighted by atomic mass is 10.1. The second kappa shape index (κ2) is 8.63. The molecule has 6 nitrogen and oxygen atoms in total. The van der Waals surface area contributed by atoms with Crippen LogP contribution in [0.1, 0.15) is 36.6 Å². The fraction of sp³-hybridized carbons (Fsp3) is 0.211. The number of benzene rings is 2. The van der Waals surface area contributed by atoms with Gasteiger partial charge in [-0.2, -0.15) is 0 Å². The smallest absolute Gasteiger partial charge is 0.337 e. The number of carbonyl (C=O) groups excluding carboxylic acids is 3. The lowest BCUT2D eigenvalue weighted by Gasteiger charge is -2.08. The van der Waals surface area contributed by atoms with Crippen LogP contribution in [-0.2, 0) is 4.74 Å². The van der Waals surface area contributed by atoms with Crippen molar-refractivity contribution in [3.8, 4) is 0 Å². The Labute approximate surface area is 146 Å². The van der Waals surface area contributed by atoms with Crippen LogP contribution in [0.2, 0.25) is 0 Å². The van der Waals surface area contributed by atoms with E-state index in [-0.39, 0.29) is 11.8 Å². The first-order valence-electron chi connectivity index (χ1n) is 7.82. The quantitative estimate of drug-likeness (QED) is 0.622.